The summed E-state index contributed by atoms with van der Waals surface area (Å²) in [6, 6.07) is 0. The number of allylic oxidation sites excluding steroid dienone is 2. The van der Waals surface area contributed by atoms with E-state index in [2.05, 4.69) is 33.8 Å². The van der Waals surface area contributed by atoms with E-state index < -0.39 is 43.3 Å². The van der Waals surface area contributed by atoms with E-state index in [9.17, 15) is 39.6 Å². The Kier molecular flexibility index (Phi) is 13.2. The van der Waals surface area contributed by atoms with E-state index in [0.717, 1.165) is 33.5 Å². The van der Waals surface area contributed by atoms with E-state index in [0.29, 0.717) is 51.6 Å². The van der Waals surface area contributed by atoms with Crippen molar-refractivity contribution in [1.29, 1.82) is 0 Å². The van der Waals surface area contributed by atoms with Crippen LogP contribution in [0, 0.1) is 13.8 Å². The van der Waals surface area contributed by atoms with Gasteiger partial charge in [0.1, 0.15) is 24.4 Å². The van der Waals surface area contributed by atoms with Gasteiger partial charge in [0.05, 0.1) is 25.8 Å². The molecule has 1 saturated heterocycles. The monoisotopic (exact) mass is 776 g/mol. The number of hydrogen-bond acceptors (Lipinski definition) is 12. The Hall–Kier alpha value is -5.36. The van der Waals surface area contributed by atoms with E-state index in [-0.39, 0.29) is 43.5 Å². The van der Waals surface area contributed by atoms with Gasteiger partial charge in [-0.05, 0) is 80.5 Å². The van der Waals surface area contributed by atoms with Crippen molar-refractivity contribution >= 4 is 35.9 Å². The molecule has 2 amide bonds. The number of methoxy groups -OCH3 is 1. The number of H-pyrrole nitrogens is 2. The second-order valence-electron chi connectivity index (χ2n) is 13.8. The molecule has 3 aliphatic heterocycles. The predicted molar refractivity (Wildman–Crippen MR) is 202 cm³/mol. The minimum absolute atomic E-state index is 0.110. The predicted octanol–water partition coefficient (Wildman–Crippen LogP) is 1.81. The largest absolute Gasteiger partial charge is 0.469 e. The highest BCUT2D eigenvalue weighted by atomic mass is 17.2. The molecule has 2 aromatic heterocycles. The Morgan fingerprint density at radius 3 is 1.86 bits per heavy atom. The lowest BCUT2D eigenvalue weighted by Gasteiger charge is -2.38. The molecule has 5 rings (SSSR count). The molecule has 2 aromatic rings. The number of aromatic nitrogens is 2. The molecule has 5 heterocycles. The van der Waals surface area contributed by atoms with E-state index in [1.54, 1.807) is 19.1 Å². The highest BCUT2D eigenvalue weighted by molar-refractivity contribution is 6.03. The average Bonchev–Trinajstić information content (AvgIpc) is 3.83. The normalized spacial score (nSPS) is 23.9. The summed E-state index contributed by atoms with van der Waals surface area (Å²) in [6.45, 7) is 14.2. The lowest BCUT2D eigenvalue weighted by molar-refractivity contribution is -0.405. The molecule has 300 valence electrons. The Bertz CT molecular complexity index is 2060. The summed E-state index contributed by atoms with van der Waals surface area (Å²) in [7, 11) is 1.32. The number of aliphatic hydroxyl groups is 4. The van der Waals surface area contributed by atoms with Gasteiger partial charge >= 0.3 is 11.9 Å². The number of rotatable bonds is 15. The molecule has 0 spiro atoms. The van der Waals surface area contributed by atoms with Gasteiger partial charge in [-0.25, -0.2) is 4.79 Å². The molecule has 0 radical (unpaired) electrons. The third-order valence-electron chi connectivity index (χ3n) is 10.4. The SMILES string of the molecule is C=CC1=C(C)/C(=C/c2[nH]c(Cc3[nH]c(/C=C4\NC(=O)C(C)=C4C=C)c(C)c3CCC(=O)OO[C@@H]3O[C@H](CO)[C@@H](O)[C@H](O)[C@H]3O)c(CCC(=O)OC)c2C)NC1=O. The number of ether oxygens (including phenoxy) is 2. The van der Waals surface area contributed by atoms with Crippen LogP contribution in [0.25, 0.3) is 12.2 Å². The van der Waals surface area contributed by atoms with Crippen molar-refractivity contribution in [3.63, 3.8) is 0 Å². The summed E-state index contributed by atoms with van der Waals surface area (Å²) >= 11 is 0. The highest BCUT2D eigenvalue weighted by Crippen LogP contribution is 2.32. The van der Waals surface area contributed by atoms with Crippen LogP contribution >= 0.6 is 0 Å². The van der Waals surface area contributed by atoms with Crippen molar-refractivity contribution in [2.75, 3.05) is 13.7 Å². The molecule has 0 aliphatic carbocycles. The minimum atomic E-state index is -1.77. The number of hydrogen-bond donors (Lipinski definition) is 8. The standard InChI is InChI=1S/C40H48N4O12/c1-8-22-21(6)38(51)44-29(22)15-27-20(5)25(11-13-34(47)55-56-40-37(50)36(49)35(48)32(17-45)54-40)31(42-27)16-30-24(10-12-33(46)53-7)19(4)26(41-30)14-28-18(3)23(9-2)39(52)43-28/h8-9,14-15,32,35-37,40-42,45,48-50H,1-2,10-13,16-17H2,3-7H3,(H,43,52)(H,44,51)/b28-14-,29-15-/t32-,35-,36+,37-,40+/m1/s1. The van der Waals surface area contributed by atoms with Crippen molar-refractivity contribution in [2.24, 2.45) is 0 Å². The zero-order chi connectivity index (χ0) is 41.0. The number of aromatic amines is 2. The molecule has 16 nitrogen and oxygen atoms in total. The fraction of sp³-hybridized carbons (Fsp3) is 0.400. The summed E-state index contributed by atoms with van der Waals surface area (Å²) < 4.78 is 10.2. The summed E-state index contributed by atoms with van der Waals surface area (Å²) in [5.74, 6) is -1.73. The lowest BCUT2D eigenvalue weighted by atomic mass is 9.98. The molecule has 5 atom stereocenters. The Morgan fingerprint density at radius 2 is 1.32 bits per heavy atom. The van der Waals surface area contributed by atoms with Gasteiger partial charge in [0.15, 0.2) is 0 Å². The van der Waals surface area contributed by atoms with Gasteiger partial charge in [-0.15, -0.1) is 4.89 Å². The molecule has 0 aromatic carbocycles. The van der Waals surface area contributed by atoms with Gasteiger partial charge < -0.3 is 50.5 Å². The number of carbonyl (C=O) groups is 4. The first-order valence-corrected chi connectivity index (χ1v) is 18.0. The number of carbonyl (C=O) groups excluding carboxylic acids is 4. The van der Waals surface area contributed by atoms with Gasteiger partial charge in [-0.1, -0.05) is 25.3 Å². The van der Waals surface area contributed by atoms with Gasteiger partial charge in [0.25, 0.3) is 11.8 Å². The van der Waals surface area contributed by atoms with E-state index in [1.165, 1.54) is 13.2 Å². The van der Waals surface area contributed by atoms with Crippen LogP contribution in [0.1, 0.15) is 71.7 Å². The quantitative estimate of drug-likeness (QED) is 0.0734. The van der Waals surface area contributed by atoms with Crippen LogP contribution in [0.5, 0.6) is 0 Å². The fourth-order valence-electron chi connectivity index (χ4n) is 6.99. The molecule has 56 heavy (non-hydrogen) atoms. The molecule has 0 saturated carbocycles. The van der Waals surface area contributed by atoms with Crippen LogP contribution in [-0.2, 0) is 57.7 Å². The second-order valence-corrected chi connectivity index (χ2v) is 13.8. The molecule has 1 fully saturated rings. The van der Waals surface area contributed by atoms with E-state index >= 15 is 0 Å². The first-order valence-electron chi connectivity index (χ1n) is 18.0. The summed E-state index contributed by atoms with van der Waals surface area (Å²) in [6.07, 6.45) is -0.636. The van der Waals surface area contributed by atoms with E-state index in [4.69, 9.17) is 19.2 Å². The summed E-state index contributed by atoms with van der Waals surface area (Å²) in [4.78, 5) is 67.2. The molecule has 8 N–H and O–H groups in total. The van der Waals surface area contributed by atoms with Crippen LogP contribution in [0.4, 0.5) is 0 Å². The minimum Gasteiger partial charge on any atom is -0.469 e. The third kappa shape index (κ3) is 8.55. The lowest BCUT2D eigenvalue weighted by Crippen LogP contribution is -2.59. The molecule has 0 unspecified atom stereocenters. The Balaban J connectivity index is 1.48. The number of amides is 2. The maximum absolute atomic E-state index is 13.0. The number of nitrogens with one attached hydrogen (secondary N) is 4. The van der Waals surface area contributed by atoms with E-state index in [1.807, 2.05) is 26.8 Å². The molecular formula is C40H48N4O12. The maximum Gasteiger partial charge on any atom is 0.342 e. The average molecular weight is 777 g/mol. The first-order chi connectivity index (χ1) is 26.6. The molecule has 16 heteroatoms. The highest BCUT2D eigenvalue weighted by Gasteiger charge is 2.45. The number of esters is 1. The maximum atomic E-state index is 13.0. The number of aliphatic hydroxyl groups excluding tert-OH is 4. The van der Waals surface area contributed by atoms with Gasteiger partial charge in [-0.2, -0.15) is 0 Å². The topological polar surface area (TPSA) is 242 Å². The third-order valence-corrected chi connectivity index (χ3v) is 10.4. The van der Waals surface area contributed by atoms with Crippen LogP contribution in [0.2, 0.25) is 0 Å². The van der Waals surface area contributed by atoms with Crippen molar-refractivity contribution in [1.82, 2.24) is 20.6 Å². The van der Waals surface area contributed by atoms with Gasteiger partial charge in [0, 0.05) is 58.0 Å². The fourth-order valence-corrected chi connectivity index (χ4v) is 6.99. The van der Waals surface area contributed by atoms with Crippen LogP contribution in [0.15, 0.2) is 59.0 Å². The second kappa shape index (κ2) is 17.6. The van der Waals surface area contributed by atoms with Crippen LogP contribution in [-0.4, -0.2) is 98.6 Å². The van der Waals surface area contributed by atoms with Gasteiger partial charge in [0.2, 0.25) is 6.29 Å². The summed E-state index contributed by atoms with van der Waals surface area (Å²) in [5.41, 5.74) is 9.59. The smallest absolute Gasteiger partial charge is 0.342 e. The Labute approximate surface area is 323 Å². The zero-order valence-corrected chi connectivity index (χ0v) is 31.9. The van der Waals surface area contributed by atoms with Crippen molar-refractivity contribution in [3.8, 4) is 0 Å². The Morgan fingerprint density at radius 1 is 0.768 bits per heavy atom. The van der Waals surface area contributed by atoms with Crippen molar-refractivity contribution in [2.45, 2.75) is 90.5 Å². The summed E-state index contributed by atoms with van der Waals surface area (Å²) in [5, 5.41) is 45.5. The van der Waals surface area contributed by atoms with Crippen molar-refractivity contribution < 1.29 is 58.9 Å². The molecule has 3 aliphatic rings. The van der Waals surface area contributed by atoms with Gasteiger partial charge in [-0.3, -0.25) is 19.3 Å². The van der Waals surface area contributed by atoms with Crippen molar-refractivity contribution in [3.05, 3.63) is 104 Å². The zero-order valence-electron chi connectivity index (χ0n) is 31.9. The first kappa shape index (κ1) is 41.8. The van der Waals surface area contributed by atoms with Crippen LogP contribution in [0.3, 0.4) is 0 Å². The van der Waals surface area contributed by atoms with Crippen LogP contribution < -0.4 is 10.6 Å². The molecule has 0 bridgehead atoms. The molecular weight excluding hydrogens is 728 g/mol.